The van der Waals surface area contributed by atoms with E-state index in [1.165, 1.54) is 16.7 Å². The first kappa shape index (κ1) is 9.16. The van der Waals surface area contributed by atoms with E-state index in [-0.39, 0.29) is 5.91 Å². The van der Waals surface area contributed by atoms with Crippen LogP contribution < -0.4 is 5.73 Å². The van der Waals surface area contributed by atoms with Crippen LogP contribution in [0.15, 0.2) is 42.0 Å². The molecule has 78 valence electrons. The second-order valence-corrected chi connectivity index (χ2v) is 4.07. The van der Waals surface area contributed by atoms with Crippen LogP contribution in [0.1, 0.15) is 11.1 Å². The second kappa shape index (κ2) is 3.20. The van der Waals surface area contributed by atoms with Crippen molar-refractivity contribution in [1.29, 1.82) is 0 Å². The summed E-state index contributed by atoms with van der Waals surface area (Å²) in [5, 5.41) is 0. The molecule has 0 spiro atoms. The van der Waals surface area contributed by atoms with Crippen molar-refractivity contribution in [2.45, 2.75) is 6.42 Å². The summed E-state index contributed by atoms with van der Waals surface area (Å²) in [6, 6.07) is 12.3. The number of primary amides is 1. The molecular weight excluding hydrogens is 198 g/mol. The Kier molecular flexibility index (Phi) is 1.83. The zero-order valence-electron chi connectivity index (χ0n) is 8.73. The smallest absolute Gasteiger partial charge is 0.244 e. The molecule has 0 aromatic rings. The van der Waals surface area contributed by atoms with Crippen molar-refractivity contribution >= 4 is 12.0 Å². The van der Waals surface area contributed by atoms with Crippen LogP contribution >= 0.6 is 0 Å². The number of carbonyl (C=O) groups is 1. The largest absolute Gasteiger partial charge is 0.366 e. The predicted molar refractivity (Wildman–Crippen MR) is 63.9 cm³/mol. The molecule has 0 radical (unpaired) electrons. The molecule has 0 fully saturated rings. The molecule has 1 amide bonds. The van der Waals surface area contributed by atoms with E-state index in [1.54, 1.807) is 0 Å². The highest BCUT2D eigenvalue weighted by Gasteiger charge is 2.22. The van der Waals surface area contributed by atoms with E-state index in [2.05, 4.69) is 18.2 Å². The Bertz CT molecular complexity index is 583. The van der Waals surface area contributed by atoms with Crippen molar-refractivity contribution in [2.75, 3.05) is 0 Å². The topological polar surface area (TPSA) is 43.1 Å². The van der Waals surface area contributed by atoms with E-state index in [0.29, 0.717) is 12.0 Å². The Labute approximate surface area is 93.7 Å². The van der Waals surface area contributed by atoms with Crippen molar-refractivity contribution in [3.8, 4) is 11.1 Å². The summed E-state index contributed by atoms with van der Waals surface area (Å²) in [6.07, 6.45) is 2.59. The highest BCUT2D eigenvalue weighted by atomic mass is 16.1. The van der Waals surface area contributed by atoms with E-state index in [9.17, 15) is 4.79 Å². The Balaban J connectivity index is 2.20. The molecular formula is C14H11NO. The third-order valence-electron chi connectivity index (χ3n) is 3.05. The normalized spacial score (nSPS) is 13.6. The summed E-state index contributed by atoms with van der Waals surface area (Å²) in [4.78, 5) is 11.1. The maximum atomic E-state index is 11.1. The molecule has 2 heteroatoms. The molecule has 0 atom stereocenters. The van der Waals surface area contributed by atoms with Crippen LogP contribution in [0.3, 0.4) is 0 Å². The molecule has 0 unspecified atom stereocenters. The maximum absolute atomic E-state index is 11.1. The van der Waals surface area contributed by atoms with Crippen molar-refractivity contribution < 1.29 is 4.79 Å². The molecule has 0 bridgehead atoms. The number of hydrogen-bond donors (Lipinski definition) is 1. The third-order valence-corrected chi connectivity index (χ3v) is 3.05. The summed E-state index contributed by atoms with van der Waals surface area (Å²) in [7, 11) is 0. The number of rotatable bonds is 1. The van der Waals surface area contributed by atoms with Crippen LogP contribution in [0.4, 0.5) is 0 Å². The highest BCUT2D eigenvalue weighted by molar-refractivity contribution is 6.01. The van der Waals surface area contributed by atoms with Crippen molar-refractivity contribution in [3.63, 3.8) is 0 Å². The van der Waals surface area contributed by atoms with Crippen LogP contribution in [-0.2, 0) is 11.2 Å². The first-order valence-electron chi connectivity index (χ1n) is 5.27. The summed E-state index contributed by atoms with van der Waals surface area (Å²) in [5.41, 5.74) is 10.8. The number of amides is 1. The van der Waals surface area contributed by atoms with E-state index in [0.717, 1.165) is 5.56 Å². The molecule has 0 saturated heterocycles. The number of nitrogens with two attached hydrogens (primary N) is 1. The van der Waals surface area contributed by atoms with Gasteiger partial charge in [0.2, 0.25) is 5.91 Å². The quantitative estimate of drug-likeness (QED) is 0.768. The zero-order valence-corrected chi connectivity index (χ0v) is 8.73. The monoisotopic (exact) mass is 209 g/mol. The average molecular weight is 209 g/mol. The van der Waals surface area contributed by atoms with Gasteiger partial charge in [-0.05, 0) is 28.3 Å². The number of fused-ring (bicyclic) bond motifs is 3. The molecule has 3 aliphatic rings. The first-order chi connectivity index (χ1) is 7.75. The van der Waals surface area contributed by atoms with Gasteiger partial charge in [-0.25, -0.2) is 0 Å². The van der Waals surface area contributed by atoms with E-state index >= 15 is 0 Å². The predicted octanol–water partition coefficient (Wildman–Crippen LogP) is 2.22. The minimum Gasteiger partial charge on any atom is -0.366 e. The van der Waals surface area contributed by atoms with Crippen LogP contribution in [-0.4, -0.2) is 5.91 Å². The molecule has 2 nitrogen and oxygen atoms in total. The molecule has 16 heavy (non-hydrogen) atoms. The fourth-order valence-corrected chi connectivity index (χ4v) is 2.28. The van der Waals surface area contributed by atoms with Crippen LogP contribution in [0.2, 0.25) is 0 Å². The lowest BCUT2D eigenvalue weighted by Gasteiger charge is -1.95. The minimum atomic E-state index is -0.315. The van der Waals surface area contributed by atoms with Gasteiger partial charge < -0.3 is 5.73 Å². The first-order valence-corrected chi connectivity index (χ1v) is 5.27. The highest BCUT2D eigenvalue weighted by Crippen LogP contribution is 2.37. The number of carbonyl (C=O) groups excluding carboxylic acids is 1. The molecule has 3 aliphatic carbocycles. The van der Waals surface area contributed by atoms with Crippen molar-refractivity contribution in [2.24, 2.45) is 5.73 Å². The zero-order chi connectivity index (χ0) is 11.1. The lowest BCUT2D eigenvalue weighted by Crippen LogP contribution is -2.13. The summed E-state index contributed by atoms with van der Waals surface area (Å²) >= 11 is 0. The van der Waals surface area contributed by atoms with Gasteiger partial charge in [0, 0.05) is 12.0 Å². The molecule has 3 rings (SSSR count). The van der Waals surface area contributed by atoms with E-state index < -0.39 is 0 Å². The van der Waals surface area contributed by atoms with Gasteiger partial charge in [-0.15, -0.1) is 0 Å². The van der Waals surface area contributed by atoms with Gasteiger partial charge >= 0.3 is 0 Å². The van der Waals surface area contributed by atoms with E-state index in [4.69, 9.17) is 5.73 Å². The summed E-state index contributed by atoms with van der Waals surface area (Å²) in [6.45, 7) is 0. The fourth-order valence-electron chi connectivity index (χ4n) is 2.28. The Hall–Kier alpha value is -2.09. The van der Waals surface area contributed by atoms with Gasteiger partial charge in [-0.1, -0.05) is 36.4 Å². The van der Waals surface area contributed by atoms with Crippen LogP contribution in [0.5, 0.6) is 0 Å². The molecule has 0 heterocycles. The van der Waals surface area contributed by atoms with Crippen LogP contribution in [0, 0.1) is 0 Å². The molecule has 0 aliphatic heterocycles. The summed E-state index contributed by atoms with van der Waals surface area (Å²) in [5.74, 6) is -0.315. The van der Waals surface area contributed by atoms with Crippen LogP contribution in [0.25, 0.3) is 17.2 Å². The van der Waals surface area contributed by atoms with Crippen molar-refractivity contribution in [3.05, 3.63) is 53.1 Å². The fraction of sp³-hybridized carbons (Fsp3) is 0.0714. The van der Waals surface area contributed by atoms with Crippen molar-refractivity contribution in [1.82, 2.24) is 0 Å². The lowest BCUT2D eigenvalue weighted by molar-refractivity contribution is -0.114. The molecule has 0 aromatic heterocycles. The van der Waals surface area contributed by atoms with Gasteiger partial charge in [0.1, 0.15) is 0 Å². The van der Waals surface area contributed by atoms with Gasteiger partial charge in [0.05, 0.1) is 0 Å². The molecule has 2 N–H and O–H groups in total. The minimum absolute atomic E-state index is 0.315. The van der Waals surface area contributed by atoms with Gasteiger partial charge in [-0.2, -0.15) is 0 Å². The SMILES string of the molecule is NC(=O)C1=Cc2c(cc3cccccc2-3)C1. The molecule has 0 aromatic carbocycles. The lowest BCUT2D eigenvalue weighted by atomic mass is 10.1. The van der Waals surface area contributed by atoms with Gasteiger partial charge in [-0.3, -0.25) is 4.79 Å². The maximum Gasteiger partial charge on any atom is 0.244 e. The van der Waals surface area contributed by atoms with Gasteiger partial charge in [0.25, 0.3) is 0 Å². The standard InChI is InChI=1S/C14H11NO/c15-14(16)11-7-10-6-9-4-2-1-3-5-12(9)13(10)8-11/h1-6,8H,7H2,(H2,15,16). The Morgan fingerprint density at radius 1 is 1.19 bits per heavy atom. The second-order valence-electron chi connectivity index (χ2n) is 4.07. The Morgan fingerprint density at radius 3 is 2.81 bits per heavy atom. The summed E-state index contributed by atoms with van der Waals surface area (Å²) < 4.78 is 0. The molecule has 0 saturated carbocycles. The number of hydrogen-bond acceptors (Lipinski definition) is 1. The van der Waals surface area contributed by atoms with Gasteiger partial charge in [0.15, 0.2) is 0 Å². The average Bonchev–Trinajstić information content (AvgIpc) is 2.69. The third kappa shape index (κ3) is 1.23. The Morgan fingerprint density at radius 2 is 2.00 bits per heavy atom. The van der Waals surface area contributed by atoms with E-state index in [1.807, 2.05) is 24.3 Å².